The first kappa shape index (κ1) is 27.9. The van der Waals surface area contributed by atoms with Crippen LogP contribution in [0.25, 0.3) is 0 Å². The standard InChI is InChI=1S/C34H39N3O3/c1-24-11-10-16-28(25(24)2)32-29(33(39)26-12-6-4-7-13-26)21-36(23-31(38)37-19-17-35(3)18-20-37)22-30(32)34(40)27-14-8-5-9-15-27/h4-16,29-30,32H,17-23H2,1-3H3. The highest BCUT2D eigenvalue weighted by molar-refractivity contribution is 6.02. The van der Waals surface area contributed by atoms with E-state index in [4.69, 9.17) is 0 Å². The van der Waals surface area contributed by atoms with Crippen LogP contribution in [0, 0.1) is 25.7 Å². The van der Waals surface area contributed by atoms with Gasteiger partial charge in [0.2, 0.25) is 5.91 Å². The van der Waals surface area contributed by atoms with E-state index in [0.717, 1.165) is 29.8 Å². The van der Waals surface area contributed by atoms with Crippen LogP contribution in [0.3, 0.4) is 0 Å². The van der Waals surface area contributed by atoms with E-state index in [-0.39, 0.29) is 29.9 Å². The Morgan fingerprint density at radius 3 is 1.75 bits per heavy atom. The van der Waals surface area contributed by atoms with E-state index < -0.39 is 11.8 Å². The normalized spacial score (nSPS) is 22.2. The number of piperazine rings is 1. The van der Waals surface area contributed by atoms with Gasteiger partial charge < -0.3 is 9.80 Å². The number of nitrogens with zero attached hydrogens (tertiary/aromatic N) is 3. The van der Waals surface area contributed by atoms with E-state index >= 15 is 0 Å². The first-order valence-electron chi connectivity index (χ1n) is 14.3. The Hall–Kier alpha value is -3.61. The molecule has 5 rings (SSSR count). The lowest BCUT2D eigenvalue weighted by molar-refractivity contribution is -0.134. The van der Waals surface area contributed by atoms with Gasteiger partial charge in [-0.15, -0.1) is 0 Å². The number of benzene rings is 3. The topological polar surface area (TPSA) is 60.9 Å². The maximum Gasteiger partial charge on any atom is 0.236 e. The molecule has 2 heterocycles. The Bertz CT molecular complexity index is 1290. The van der Waals surface area contributed by atoms with Gasteiger partial charge in [-0.05, 0) is 37.6 Å². The van der Waals surface area contributed by atoms with Gasteiger partial charge in [0.15, 0.2) is 11.6 Å². The fourth-order valence-electron chi connectivity index (χ4n) is 6.31. The van der Waals surface area contributed by atoms with Gasteiger partial charge >= 0.3 is 0 Å². The average molecular weight is 538 g/mol. The van der Waals surface area contributed by atoms with Crippen molar-refractivity contribution in [3.8, 4) is 0 Å². The molecule has 2 unspecified atom stereocenters. The first-order chi connectivity index (χ1) is 19.3. The van der Waals surface area contributed by atoms with E-state index in [2.05, 4.69) is 42.8 Å². The van der Waals surface area contributed by atoms with Crippen molar-refractivity contribution in [3.63, 3.8) is 0 Å². The molecule has 2 saturated heterocycles. The molecule has 1 amide bonds. The summed E-state index contributed by atoms with van der Waals surface area (Å²) in [5.74, 6) is -1.11. The quantitative estimate of drug-likeness (QED) is 0.416. The van der Waals surface area contributed by atoms with Gasteiger partial charge in [0.05, 0.1) is 6.54 Å². The third-order valence-corrected chi connectivity index (χ3v) is 8.79. The molecule has 0 saturated carbocycles. The van der Waals surface area contributed by atoms with Crippen molar-refractivity contribution in [1.29, 1.82) is 0 Å². The predicted molar refractivity (Wildman–Crippen MR) is 158 cm³/mol. The van der Waals surface area contributed by atoms with Crippen LogP contribution >= 0.6 is 0 Å². The van der Waals surface area contributed by atoms with Gasteiger partial charge in [0.25, 0.3) is 0 Å². The molecule has 3 aromatic carbocycles. The van der Waals surface area contributed by atoms with E-state index in [1.165, 1.54) is 0 Å². The van der Waals surface area contributed by atoms with Crippen molar-refractivity contribution in [2.75, 3.05) is 52.9 Å². The van der Waals surface area contributed by atoms with E-state index in [9.17, 15) is 14.4 Å². The molecule has 0 aromatic heterocycles. The zero-order valence-electron chi connectivity index (χ0n) is 23.8. The Morgan fingerprint density at radius 1 is 0.700 bits per heavy atom. The highest BCUT2D eigenvalue weighted by atomic mass is 16.2. The van der Waals surface area contributed by atoms with Gasteiger partial charge in [0, 0.05) is 68.1 Å². The van der Waals surface area contributed by atoms with Crippen LogP contribution in [0.5, 0.6) is 0 Å². The first-order valence-corrected chi connectivity index (χ1v) is 14.3. The molecule has 6 nitrogen and oxygen atoms in total. The number of carbonyl (C=O) groups excluding carboxylic acids is 3. The number of hydrogen-bond acceptors (Lipinski definition) is 5. The van der Waals surface area contributed by atoms with Crippen molar-refractivity contribution in [3.05, 3.63) is 107 Å². The number of carbonyl (C=O) groups is 3. The zero-order valence-corrected chi connectivity index (χ0v) is 23.8. The second-order valence-electron chi connectivity index (χ2n) is 11.4. The van der Waals surface area contributed by atoms with Crippen molar-refractivity contribution in [2.45, 2.75) is 19.8 Å². The monoisotopic (exact) mass is 537 g/mol. The molecular formula is C34H39N3O3. The largest absolute Gasteiger partial charge is 0.339 e. The highest BCUT2D eigenvalue weighted by Gasteiger charge is 2.45. The third-order valence-electron chi connectivity index (χ3n) is 8.79. The molecule has 0 radical (unpaired) electrons. The summed E-state index contributed by atoms with van der Waals surface area (Å²) in [6, 6.07) is 24.9. The number of rotatable bonds is 7. The number of aryl methyl sites for hydroxylation is 1. The maximum absolute atomic E-state index is 14.2. The number of ketones is 2. The number of piperidine rings is 1. The highest BCUT2D eigenvalue weighted by Crippen LogP contribution is 2.42. The molecule has 0 aliphatic carbocycles. The van der Waals surface area contributed by atoms with Crippen LogP contribution in [0.15, 0.2) is 78.9 Å². The Balaban J connectivity index is 1.55. The van der Waals surface area contributed by atoms with Crippen LogP contribution in [0.2, 0.25) is 0 Å². The lowest BCUT2D eigenvalue weighted by Gasteiger charge is -2.44. The molecule has 2 aliphatic heterocycles. The number of hydrogen-bond donors (Lipinski definition) is 0. The smallest absolute Gasteiger partial charge is 0.236 e. The van der Waals surface area contributed by atoms with Crippen LogP contribution in [0.1, 0.15) is 43.3 Å². The fourth-order valence-corrected chi connectivity index (χ4v) is 6.31. The summed E-state index contributed by atoms with van der Waals surface area (Å²) in [7, 11) is 2.07. The number of Topliss-reactive ketones (excluding diaryl/α,β-unsaturated/α-hetero) is 2. The minimum absolute atomic E-state index is 0.0223. The van der Waals surface area contributed by atoms with Crippen LogP contribution in [0.4, 0.5) is 0 Å². The van der Waals surface area contributed by atoms with Crippen molar-refractivity contribution in [2.24, 2.45) is 11.8 Å². The van der Waals surface area contributed by atoms with Gasteiger partial charge in [0.1, 0.15) is 0 Å². The lowest BCUT2D eigenvalue weighted by Crippen LogP contribution is -2.55. The summed E-state index contributed by atoms with van der Waals surface area (Å²) in [6.45, 7) is 8.34. The van der Waals surface area contributed by atoms with Gasteiger partial charge in [-0.3, -0.25) is 19.3 Å². The summed E-state index contributed by atoms with van der Waals surface area (Å²) < 4.78 is 0. The molecule has 40 heavy (non-hydrogen) atoms. The summed E-state index contributed by atoms with van der Waals surface area (Å²) in [5.41, 5.74) is 4.59. The van der Waals surface area contributed by atoms with E-state index in [1.54, 1.807) is 0 Å². The average Bonchev–Trinajstić information content (AvgIpc) is 2.99. The van der Waals surface area contributed by atoms with Gasteiger partial charge in [-0.1, -0.05) is 78.9 Å². The Kier molecular flexibility index (Phi) is 8.57. The predicted octanol–water partition coefficient (Wildman–Crippen LogP) is 4.47. The second kappa shape index (κ2) is 12.3. The molecule has 6 heteroatoms. The summed E-state index contributed by atoms with van der Waals surface area (Å²) in [6.07, 6.45) is 0. The molecule has 2 atom stereocenters. The number of likely N-dealkylation sites (tertiary alicyclic amines) is 1. The Labute approximate surface area is 237 Å². The van der Waals surface area contributed by atoms with Crippen LogP contribution in [-0.4, -0.2) is 85.0 Å². The molecule has 208 valence electrons. The molecule has 2 fully saturated rings. The van der Waals surface area contributed by atoms with Gasteiger partial charge in [-0.25, -0.2) is 0 Å². The van der Waals surface area contributed by atoms with Crippen molar-refractivity contribution in [1.82, 2.24) is 14.7 Å². The molecule has 3 aromatic rings. The van der Waals surface area contributed by atoms with E-state index in [1.807, 2.05) is 71.6 Å². The second-order valence-corrected chi connectivity index (χ2v) is 11.4. The van der Waals surface area contributed by atoms with Gasteiger partial charge in [-0.2, -0.15) is 0 Å². The summed E-state index contributed by atoms with van der Waals surface area (Å²) in [4.78, 5) is 48.0. The lowest BCUT2D eigenvalue weighted by atomic mass is 9.67. The molecule has 0 spiro atoms. The fraction of sp³-hybridized carbons (Fsp3) is 0.382. The minimum atomic E-state index is -0.463. The van der Waals surface area contributed by atoms with Crippen molar-refractivity contribution >= 4 is 17.5 Å². The minimum Gasteiger partial charge on any atom is -0.339 e. The van der Waals surface area contributed by atoms with E-state index in [0.29, 0.717) is 37.3 Å². The zero-order chi connectivity index (χ0) is 28.2. The SMILES string of the molecule is Cc1cccc(C2C(C(=O)c3ccccc3)CN(CC(=O)N3CCN(C)CC3)CC2C(=O)c2ccccc2)c1C. The Morgan fingerprint density at radius 2 is 1.23 bits per heavy atom. The van der Waals surface area contributed by atoms with Crippen molar-refractivity contribution < 1.29 is 14.4 Å². The maximum atomic E-state index is 14.2. The molecule has 0 N–H and O–H groups in total. The number of amides is 1. The molecule has 2 aliphatic rings. The summed E-state index contributed by atoms with van der Waals surface area (Å²) >= 11 is 0. The number of likely N-dealkylation sites (N-methyl/N-ethyl adjacent to an activating group) is 1. The summed E-state index contributed by atoms with van der Waals surface area (Å²) in [5, 5.41) is 0. The molecule has 0 bridgehead atoms. The third kappa shape index (κ3) is 5.93. The van der Waals surface area contributed by atoms with Crippen LogP contribution in [-0.2, 0) is 4.79 Å². The molecular weight excluding hydrogens is 498 g/mol. The van der Waals surface area contributed by atoms with Crippen LogP contribution < -0.4 is 0 Å².